The Balaban J connectivity index is 2.17. The van der Waals surface area contributed by atoms with Crippen LogP contribution in [0.2, 0.25) is 0 Å². The molecule has 0 aliphatic heterocycles. The molecule has 3 N–H and O–H groups in total. The van der Waals surface area contributed by atoms with E-state index in [4.69, 9.17) is 5.73 Å². The predicted octanol–water partition coefficient (Wildman–Crippen LogP) is 1.51. The molecular weight excluding hydrogens is 252 g/mol. The van der Waals surface area contributed by atoms with Crippen LogP contribution >= 0.6 is 0 Å². The zero-order chi connectivity index (χ0) is 14.7. The van der Waals surface area contributed by atoms with Gasteiger partial charge in [0.2, 0.25) is 5.91 Å². The molecular formula is C15H22N4O. The predicted molar refractivity (Wildman–Crippen MR) is 80.5 cm³/mol. The molecule has 1 aromatic carbocycles. The number of carbonyl (C=O) groups is 1. The average Bonchev–Trinajstić information content (AvgIpc) is 2.77. The number of benzene rings is 1. The van der Waals surface area contributed by atoms with Crippen molar-refractivity contribution in [3.8, 4) is 0 Å². The lowest BCUT2D eigenvalue weighted by Crippen LogP contribution is -2.41. The fraction of sp³-hybridized carbons (Fsp3) is 0.467. The summed E-state index contributed by atoms with van der Waals surface area (Å²) in [6, 6.07) is 3.95. The summed E-state index contributed by atoms with van der Waals surface area (Å²) in [4.78, 5) is 15.8. The Labute approximate surface area is 119 Å². The Hall–Kier alpha value is -1.88. The number of aromatic nitrogens is 2. The lowest BCUT2D eigenvalue weighted by Gasteiger charge is -2.14. The highest BCUT2D eigenvalue weighted by Crippen LogP contribution is 2.18. The van der Waals surface area contributed by atoms with Crippen LogP contribution < -0.4 is 11.1 Å². The molecule has 0 aliphatic carbocycles. The number of likely N-dealkylation sites (N-methyl/N-ethyl adjacent to an activating group) is 1. The van der Waals surface area contributed by atoms with Crippen LogP contribution in [-0.4, -0.2) is 28.0 Å². The zero-order valence-electron chi connectivity index (χ0n) is 12.3. The summed E-state index contributed by atoms with van der Waals surface area (Å²) < 4.78 is 2.08. The number of nitrogens with zero attached hydrogens (tertiary/aromatic N) is 2. The number of hydrogen-bond acceptors (Lipinski definition) is 3. The monoisotopic (exact) mass is 274 g/mol. The Kier molecular flexibility index (Phi) is 4.39. The zero-order valence-corrected chi connectivity index (χ0v) is 12.3. The SMILES string of the molecule is CCNC(CCn1cnc2cc(C)c(C)cc21)C(N)=O. The lowest BCUT2D eigenvalue weighted by atomic mass is 10.1. The van der Waals surface area contributed by atoms with Crippen LogP contribution in [0.25, 0.3) is 11.0 Å². The molecule has 1 unspecified atom stereocenters. The molecule has 108 valence electrons. The van der Waals surface area contributed by atoms with Gasteiger partial charge in [0.05, 0.1) is 23.4 Å². The highest BCUT2D eigenvalue weighted by atomic mass is 16.1. The van der Waals surface area contributed by atoms with Gasteiger partial charge in [-0.05, 0) is 50.1 Å². The minimum Gasteiger partial charge on any atom is -0.368 e. The van der Waals surface area contributed by atoms with Gasteiger partial charge in [0.1, 0.15) is 0 Å². The van der Waals surface area contributed by atoms with E-state index < -0.39 is 0 Å². The molecule has 0 radical (unpaired) electrons. The van der Waals surface area contributed by atoms with E-state index in [2.05, 4.69) is 40.8 Å². The first kappa shape index (κ1) is 14.5. The maximum Gasteiger partial charge on any atom is 0.234 e. The summed E-state index contributed by atoms with van der Waals surface area (Å²) >= 11 is 0. The number of nitrogens with one attached hydrogen (secondary N) is 1. The fourth-order valence-corrected chi connectivity index (χ4v) is 2.35. The molecule has 0 aliphatic rings. The van der Waals surface area contributed by atoms with Crippen molar-refractivity contribution in [1.82, 2.24) is 14.9 Å². The highest BCUT2D eigenvalue weighted by molar-refractivity contribution is 5.80. The summed E-state index contributed by atoms with van der Waals surface area (Å²) in [7, 11) is 0. The summed E-state index contributed by atoms with van der Waals surface area (Å²) in [5.41, 5.74) is 9.98. The molecule has 1 atom stereocenters. The van der Waals surface area contributed by atoms with Gasteiger partial charge >= 0.3 is 0 Å². The normalized spacial score (nSPS) is 12.8. The van der Waals surface area contributed by atoms with Crippen LogP contribution in [0, 0.1) is 13.8 Å². The van der Waals surface area contributed by atoms with Crippen LogP contribution in [0.1, 0.15) is 24.5 Å². The maximum atomic E-state index is 11.3. The molecule has 5 heteroatoms. The second-order valence-corrected chi connectivity index (χ2v) is 5.16. The number of primary amides is 1. The van der Waals surface area contributed by atoms with Crippen molar-refractivity contribution in [2.45, 2.75) is 39.8 Å². The van der Waals surface area contributed by atoms with Crippen LogP contribution in [0.5, 0.6) is 0 Å². The third-order valence-corrected chi connectivity index (χ3v) is 3.69. The van der Waals surface area contributed by atoms with Gasteiger partial charge in [-0.25, -0.2) is 4.98 Å². The van der Waals surface area contributed by atoms with E-state index in [9.17, 15) is 4.79 Å². The molecule has 0 saturated heterocycles. The van der Waals surface area contributed by atoms with Gasteiger partial charge in [0.25, 0.3) is 0 Å². The topological polar surface area (TPSA) is 72.9 Å². The van der Waals surface area contributed by atoms with Crippen molar-refractivity contribution >= 4 is 16.9 Å². The number of imidazole rings is 1. The van der Waals surface area contributed by atoms with Gasteiger partial charge in [-0.3, -0.25) is 4.79 Å². The summed E-state index contributed by atoms with van der Waals surface area (Å²) in [5, 5.41) is 3.10. The van der Waals surface area contributed by atoms with E-state index >= 15 is 0 Å². The van der Waals surface area contributed by atoms with Gasteiger partial charge in [0, 0.05) is 6.54 Å². The number of aryl methyl sites for hydroxylation is 3. The number of nitrogens with two attached hydrogens (primary N) is 1. The molecule has 2 aromatic rings. The van der Waals surface area contributed by atoms with Crippen LogP contribution in [0.15, 0.2) is 18.5 Å². The van der Waals surface area contributed by atoms with Crippen molar-refractivity contribution in [1.29, 1.82) is 0 Å². The molecule has 2 rings (SSSR count). The Morgan fingerprint density at radius 3 is 2.75 bits per heavy atom. The average molecular weight is 274 g/mol. The van der Waals surface area contributed by atoms with Crippen molar-refractivity contribution in [3.05, 3.63) is 29.6 Å². The molecule has 0 saturated carbocycles. The van der Waals surface area contributed by atoms with Crippen LogP contribution in [-0.2, 0) is 11.3 Å². The Morgan fingerprint density at radius 2 is 2.10 bits per heavy atom. The second kappa shape index (κ2) is 6.05. The standard InChI is InChI=1S/C15H22N4O/c1-4-17-12(15(16)20)5-6-19-9-18-13-7-10(2)11(3)8-14(13)19/h7-9,12,17H,4-6H2,1-3H3,(H2,16,20). The minimum absolute atomic E-state index is 0.288. The summed E-state index contributed by atoms with van der Waals surface area (Å²) in [6.07, 6.45) is 2.50. The molecule has 0 spiro atoms. The van der Waals surface area contributed by atoms with Crippen molar-refractivity contribution in [2.24, 2.45) is 5.73 Å². The lowest BCUT2D eigenvalue weighted by molar-refractivity contribution is -0.120. The van der Waals surface area contributed by atoms with E-state index in [0.29, 0.717) is 6.42 Å². The first-order valence-electron chi connectivity index (χ1n) is 6.97. The molecule has 1 heterocycles. The fourth-order valence-electron chi connectivity index (χ4n) is 2.35. The molecule has 5 nitrogen and oxygen atoms in total. The Morgan fingerprint density at radius 1 is 1.40 bits per heavy atom. The van der Waals surface area contributed by atoms with Crippen LogP contribution in [0.4, 0.5) is 0 Å². The maximum absolute atomic E-state index is 11.3. The van der Waals surface area contributed by atoms with E-state index in [1.165, 1.54) is 11.1 Å². The number of hydrogen-bond donors (Lipinski definition) is 2. The number of carbonyl (C=O) groups excluding carboxylic acids is 1. The van der Waals surface area contributed by atoms with E-state index in [0.717, 1.165) is 24.1 Å². The smallest absolute Gasteiger partial charge is 0.234 e. The summed E-state index contributed by atoms with van der Waals surface area (Å²) in [6.45, 7) is 7.60. The molecule has 1 aromatic heterocycles. The number of rotatable bonds is 6. The molecule has 20 heavy (non-hydrogen) atoms. The minimum atomic E-state index is -0.303. The molecule has 0 bridgehead atoms. The molecule has 0 fully saturated rings. The third-order valence-electron chi connectivity index (χ3n) is 3.69. The largest absolute Gasteiger partial charge is 0.368 e. The molecule has 1 amide bonds. The van der Waals surface area contributed by atoms with Gasteiger partial charge in [-0.2, -0.15) is 0 Å². The number of amides is 1. The van der Waals surface area contributed by atoms with Crippen molar-refractivity contribution in [2.75, 3.05) is 6.54 Å². The van der Waals surface area contributed by atoms with E-state index in [-0.39, 0.29) is 11.9 Å². The van der Waals surface area contributed by atoms with E-state index in [1.807, 2.05) is 13.3 Å². The second-order valence-electron chi connectivity index (χ2n) is 5.16. The van der Waals surface area contributed by atoms with Crippen molar-refractivity contribution < 1.29 is 4.79 Å². The first-order valence-corrected chi connectivity index (χ1v) is 6.97. The summed E-state index contributed by atoms with van der Waals surface area (Å²) in [5.74, 6) is -0.303. The van der Waals surface area contributed by atoms with Crippen LogP contribution in [0.3, 0.4) is 0 Å². The number of fused-ring (bicyclic) bond motifs is 1. The van der Waals surface area contributed by atoms with Gasteiger partial charge in [0.15, 0.2) is 0 Å². The van der Waals surface area contributed by atoms with Gasteiger partial charge < -0.3 is 15.6 Å². The van der Waals surface area contributed by atoms with Gasteiger partial charge in [-0.1, -0.05) is 6.92 Å². The highest BCUT2D eigenvalue weighted by Gasteiger charge is 2.14. The Bertz CT molecular complexity index is 618. The quantitative estimate of drug-likeness (QED) is 0.838. The van der Waals surface area contributed by atoms with Gasteiger partial charge in [-0.15, -0.1) is 0 Å². The third kappa shape index (κ3) is 2.99. The van der Waals surface area contributed by atoms with Crippen molar-refractivity contribution in [3.63, 3.8) is 0 Å². The van der Waals surface area contributed by atoms with E-state index in [1.54, 1.807) is 0 Å². The first-order chi connectivity index (χ1) is 9.52.